The molecule has 6 nitrogen and oxygen atoms in total. The van der Waals surface area contributed by atoms with Gasteiger partial charge in [0.1, 0.15) is 5.75 Å². The molecule has 0 aliphatic rings. The molecule has 0 saturated heterocycles. The Morgan fingerprint density at radius 1 is 1.10 bits per heavy atom. The lowest BCUT2D eigenvalue weighted by molar-refractivity contribution is -0.137. The summed E-state index contributed by atoms with van der Waals surface area (Å²) in [6, 6.07) is 9.74. The van der Waals surface area contributed by atoms with E-state index in [0.29, 0.717) is 6.42 Å². The zero-order chi connectivity index (χ0) is 21.7. The highest BCUT2D eigenvalue weighted by Gasteiger charge is 2.33. The molecule has 2 rings (SSSR count). The smallest absolute Gasteiger partial charge is 0.418 e. The fraction of sp³-hybridized carbons (Fsp3) is 0.316. The summed E-state index contributed by atoms with van der Waals surface area (Å²) < 4.78 is 71.0. The van der Waals surface area contributed by atoms with Gasteiger partial charge in [0.15, 0.2) is 6.61 Å². The van der Waals surface area contributed by atoms with Gasteiger partial charge in [-0.3, -0.25) is 4.79 Å². The average molecular weight is 430 g/mol. The number of sulfonamides is 1. The van der Waals surface area contributed by atoms with Crippen molar-refractivity contribution >= 4 is 21.6 Å². The van der Waals surface area contributed by atoms with Gasteiger partial charge in [0.25, 0.3) is 5.91 Å². The van der Waals surface area contributed by atoms with Crippen LogP contribution in [0.4, 0.5) is 18.9 Å². The number of anilines is 1. The Kier molecular flexibility index (Phi) is 7.26. The number of amides is 1. The number of nitrogens with one attached hydrogen (secondary N) is 2. The average Bonchev–Trinajstić information content (AvgIpc) is 2.66. The second-order valence-corrected chi connectivity index (χ2v) is 8.00. The first kappa shape index (κ1) is 22.7. The van der Waals surface area contributed by atoms with Gasteiger partial charge in [0.05, 0.1) is 16.1 Å². The van der Waals surface area contributed by atoms with E-state index in [1.165, 1.54) is 36.4 Å². The van der Waals surface area contributed by atoms with E-state index in [-0.39, 0.29) is 22.4 Å². The number of benzene rings is 2. The summed E-state index contributed by atoms with van der Waals surface area (Å²) in [5.41, 5.74) is -1.33. The van der Waals surface area contributed by atoms with Crippen LogP contribution in [0.3, 0.4) is 0 Å². The van der Waals surface area contributed by atoms with E-state index in [4.69, 9.17) is 4.74 Å². The number of carbonyl (C=O) groups excluding carboxylic acids is 1. The molecular formula is C19H21F3N2O4S. The number of hydrogen-bond donors (Lipinski definition) is 2. The molecule has 0 aliphatic carbocycles. The molecule has 0 saturated carbocycles. The van der Waals surface area contributed by atoms with Crippen LogP contribution in [-0.4, -0.2) is 27.0 Å². The van der Waals surface area contributed by atoms with Gasteiger partial charge in [0.2, 0.25) is 10.0 Å². The number of alkyl halides is 3. The van der Waals surface area contributed by atoms with Crippen LogP contribution in [0.25, 0.3) is 0 Å². The lowest BCUT2D eigenvalue weighted by Gasteiger charge is -2.14. The van der Waals surface area contributed by atoms with E-state index >= 15 is 0 Å². The number of para-hydroxylation sites is 1. The van der Waals surface area contributed by atoms with Gasteiger partial charge in [-0.1, -0.05) is 19.1 Å². The lowest BCUT2D eigenvalue weighted by Crippen LogP contribution is -2.31. The molecule has 0 spiro atoms. The maximum absolute atomic E-state index is 12.9. The highest BCUT2D eigenvalue weighted by Crippen LogP contribution is 2.34. The third-order valence-corrected chi connectivity index (χ3v) is 5.58. The van der Waals surface area contributed by atoms with Crippen molar-refractivity contribution in [3.63, 3.8) is 0 Å². The van der Waals surface area contributed by atoms with Crippen LogP contribution in [0, 0.1) is 0 Å². The van der Waals surface area contributed by atoms with Crippen LogP contribution in [0.15, 0.2) is 53.4 Å². The first-order chi connectivity index (χ1) is 13.5. The van der Waals surface area contributed by atoms with Gasteiger partial charge in [-0.25, -0.2) is 13.1 Å². The molecule has 0 radical (unpaired) electrons. The van der Waals surface area contributed by atoms with Crippen molar-refractivity contribution in [2.45, 2.75) is 37.4 Å². The predicted molar refractivity (Wildman–Crippen MR) is 102 cm³/mol. The van der Waals surface area contributed by atoms with E-state index in [9.17, 15) is 26.4 Å². The molecular weight excluding hydrogens is 409 g/mol. The number of carbonyl (C=O) groups is 1. The molecule has 2 N–H and O–H groups in total. The van der Waals surface area contributed by atoms with Gasteiger partial charge < -0.3 is 10.1 Å². The third kappa shape index (κ3) is 6.47. The maximum atomic E-state index is 12.9. The van der Waals surface area contributed by atoms with Crippen molar-refractivity contribution in [1.82, 2.24) is 4.72 Å². The first-order valence-electron chi connectivity index (χ1n) is 8.74. The van der Waals surface area contributed by atoms with E-state index in [0.717, 1.165) is 12.1 Å². The van der Waals surface area contributed by atoms with Crippen LogP contribution >= 0.6 is 0 Å². The highest BCUT2D eigenvalue weighted by atomic mass is 32.2. The third-order valence-electron chi connectivity index (χ3n) is 3.98. The summed E-state index contributed by atoms with van der Waals surface area (Å²) in [4.78, 5) is 12.0. The molecule has 0 bridgehead atoms. The summed E-state index contributed by atoms with van der Waals surface area (Å²) in [6.07, 6.45) is -3.97. The van der Waals surface area contributed by atoms with Gasteiger partial charge >= 0.3 is 6.18 Å². The fourth-order valence-corrected chi connectivity index (χ4v) is 3.63. The Hall–Kier alpha value is -2.59. The lowest BCUT2D eigenvalue weighted by atomic mass is 10.1. The number of hydrogen-bond acceptors (Lipinski definition) is 4. The SMILES string of the molecule is CC[C@@H](C)NS(=O)(=O)c1ccc(OCC(=O)Nc2ccccc2C(F)(F)F)cc1. The van der Waals surface area contributed by atoms with Gasteiger partial charge in [-0.05, 0) is 49.7 Å². The molecule has 1 amide bonds. The van der Waals surface area contributed by atoms with E-state index < -0.39 is 34.3 Å². The van der Waals surface area contributed by atoms with E-state index in [1.807, 2.05) is 6.92 Å². The normalized spacial score (nSPS) is 13.0. The van der Waals surface area contributed by atoms with Crippen molar-refractivity contribution in [2.75, 3.05) is 11.9 Å². The first-order valence-corrected chi connectivity index (χ1v) is 10.2. The molecule has 1 atom stereocenters. The Morgan fingerprint density at radius 3 is 2.31 bits per heavy atom. The van der Waals surface area contributed by atoms with Crippen LogP contribution in [0.2, 0.25) is 0 Å². The summed E-state index contributed by atoms with van der Waals surface area (Å²) in [7, 11) is -3.67. The summed E-state index contributed by atoms with van der Waals surface area (Å²) in [5, 5.41) is 2.16. The molecule has 0 heterocycles. The minimum Gasteiger partial charge on any atom is -0.484 e. The Balaban J connectivity index is 1.98. The van der Waals surface area contributed by atoms with Crippen molar-refractivity contribution in [3.05, 3.63) is 54.1 Å². The quantitative estimate of drug-likeness (QED) is 0.667. The van der Waals surface area contributed by atoms with Gasteiger partial charge in [-0.2, -0.15) is 13.2 Å². The zero-order valence-electron chi connectivity index (χ0n) is 15.8. The van der Waals surface area contributed by atoms with Crippen molar-refractivity contribution < 1.29 is 31.1 Å². The standard InChI is InChI=1S/C19H21F3N2O4S/c1-3-13(2)24-29(26,27)15-10-8-14(9-11-15)28-12-18(25)23-17-7-5-4-6-16(17)19(20,21)22/h4-11,13,24H,3,12H2,1-2H3,(H,23,25)/t13-/m1/s1. The Morgan fingerprint density at radius 2 is 1.72 bits per heavy atom. The molecule has 29 heavy (non-hydrogen) atoms. The molecule has 2 aromatic rings. The van der Waals surface area contributed by atoms with E-state index in [2.05, 4.69) is 10.0 Å². The molecule has 0 aliphatic heterocycles. The van der Waals surface area contributed by atoms with Crippen LogP contribution in [0.5, 0.6) is 5.75 Å². The van der Waals surface area contributed by atoms with Crippen molar-refractivity contribution in [2.24, 2.45) is 0 Å². The second kappa shape index (κ2) is 9.27. The summed E-state index contributed by atoms with van der Waals surface area (Å²) >= 11 is 0. The molecule has 10 heteroatoms. The Bertz CT molecular complexity index is 945. The van der Waals surface area contributed by atoms with E-state index in [1.54, 1.807) is 6.92 Å². The molecule has 0 fully saturated rings. The minimum atomic E-state index is -4.60. The zero-order valence-corrected chi connectivity index (χ0v) is 16.6. The number of rotatable bonds is 8. The molecule has 0 unspecified atom stereocenters. The van der Waals surface area contributed by atoms with Gasteiger partial charge in [0, 0.05) is 6.04 Å². The summed E-state index contributed by atoms with van der Waals surface area (Å²) in [5.74, 6) is -0.580. The number of ether oxygens (including phenoxy) is 1. The molecule has 158 valence electrons. The Labute approximate surface area is 167 Å². The predicted octanol–water partition coefficient (Wildman–Crippen LogP) is 3.80. The molecule has 0 aromatic heterocycles. The van der Waals surface area contributed by atoms with Crippen LogP contribution < -0.4 is 14.8 Å². The second-order valence-electron chi connectivity index (χ2n) is 6.28. The van der Waals surface area contributed by atoms with Crippen LogP contribution in [0.1, 0.15) is 25.8 Å². The van der Waals surface area contributed by atoms with Gasteiger partial charge in [-0.15, -0.1) is 0 Å². The topological polar surface area (TPSA) is 84.5 Å². The fourth-order valence-electron chi connectivity index (χ4n) is 2.31. The highest BCUT2D eigenvalue weighted by molar-refractivity contribution is 7.89. The number of halogens is 3. The monoisotopic (exact) mass is 430 g/mol. The minimum absolute atomic E-state index is 0.0358. The molecule has 2 aromatic carbocycles. The van der Waals surface area contributed by atoms with Crippen LogP contribution in [-0.2, 0) is 21.0 Å². The largest absolute Gasteiger partial charge is 0.484 e. The summed E-state index contributed by atoms with van der Waals surface area (Å²) in [6.45, 7) is 3.05. The van der Waals surface area contributed by atoms with Crippen molar-refractivity contribution in [1.29, 1.82) is 0 Å². The maximum Gasteiger partial charge on any atom is 0.418 e. The van der Waals surface area contributed by atoms with Crippen molar-refractivity contribution in [3.8, 4) is 5.75 Å².